The first kappa shape index (κ1) is 20.1. The number of aliphatic imine (C=N–C) groups is 1. The topological polar surface area (TPSA) is 66.0 Å². The van der Waals surface area contributed by atoms with Crippen molar-refractivity contribution in [2.24, 2.45) is 10.9 Å². The molecule has 1 saturated heterocycles. The fourth-order valence-electron chi connectivity index (χ4n) is 2.91. The summed E-state index contributed by atoms with van der Waals surface area (Å²) in [6.45, 7) is 9.13. The van der Waals surface area contributed by atoms with Crippen LogP contribution in [-0.4, -0.2) is 49.6 Å². The van der Waals surface area contributed by atoms with E-state index >= 15 is 0 Å². The number of rotatable bonds is 7. The Balaban J connectivity index is 1.82. The Hall–Kier alpha value is -2.24. The lowest BCUT2D eigenvalue weighted by Gasteiger charge is -2.19. The van der Waals surface area contributed by atoms with Gasteiger partial charge >= 0.3 is 0 Å². The number of carbonyl (C=O) groups is 1. The molecule has 1 aliphatic rings. The van der Waals surface area contributed by atoms with Gasteiger partial charge in [0.05, 0.1) is 6.61 Å². The third-order valence-electron chi connectivity index (χ3n) is 4.35. The highest BCUT2D eigenvalue weighted by Crippen LogP contribution is 2.14. The summed E-state index contributed by atoms with van der Waals surface area (Å²) in [5.74, 6) is 2.38. The monoisotopic (exact) mass is 360 g/mol. The van der Waals surface area contributed by atoms with Crippen LogP contribution >= 0.6 is 0 Å². The molecule has 0 spiro atoms. The molecule has 2 rings (SSSR count). The number of guanidine groups is 1. The molecular weight excluding hydrogens is 328 g/mol. The van der Waals surface area contributed by atoms with Crippen molar-refractivity contribution < 1.29 is 9.53 Å². The van der Waals surface area contributed by atoms with Gasteiger partial charge in [0.15, 0.2) is 5.96 Å². The Morgan fingerprint density at radius 2 is 2.23 bits per heavy atom. The van der Waals surface area contributed by atoms with E-state index in [9.17, 15) is 4.79 Å². The molecule has 0 aliphatic carbocycles. The molecule has 6 heteroatoms. The fraction of sp³-hybridized carbons (Fsp3) is 0.600. The first-order valence-electron chi connectivity index (χ1n) is 9.48. The van der Waals surface area contributed by atoms with Crippen LogP contribution in [0.2, 0.25) is 0 Å². The van der Waals surface area contributed by atoms with E-state index in [1.165, 1.54) is 0 Å². The van der Waals surface area contributed by atoms with Gasteiger partial charge in [-0.3, -0.25) is 9.79 Å². The van der Waals surface area contributed by atoms with E-state index in [-0.39, 0.29) is 11.9 Å². The smallest absolute Gasteiger partial charge is 0.222 e. The molecule has 0 radical (unpaired) electrons. The van der Waals surface area contributed by atoms with Crippen LogP contribution in [0.15, 0.2) is 29.3 Å². The predicted molar refractivity (Wildman–Crippen MR) is 105 cm³/mol. The van der Waals surface area contributed by atoms with Crippen molar-refractivity contribution in [1.29, 1.82) is 0 Å². The Labute approximate surface area is 157 Å². The molecule has 144 valence electrons. The highest BCUT2D eigenvalue weighted by molar-refractivity contribution is 5.80. The van der Waals surface area contributed by atoms with Gasteiger partial charge in [-0.1, -0.05) is 32.9 Å². The van der Waals surface area contributed by atoms with E-state index in [1.54, 1.807) is 7.05 Å². The Morgan fingerprint density at radius 1 is 1.42 bits per heavy atom. The lowest BCUT2D eigenvalue weighted by atomic mass is 10.2. The lowest BCUT2D eigenvalue weighted by molar-refractivity contribution is -0.129. The van der Waals surface area contributed by atoms with Gasteiger partial charge in [-0.15, -0.1) is 0 Å². The van der Waals surface area contributed by atoms with Crippen LogP contribution in [0.5, 0.6) is 5.75 Å². The van der Waals surface area contributed by atoms with E-state index < -0.39 is 0 Å². The molecule has 2 N–H and O–H groups in total. The van der Waals surface area contributed by atoms with Crippen LogP contribution < -0.4 is 15.4 Å². The van der Waals surface area contributed by atoms with E-state index in [0.717, 1.165) is 43.4 Å². The van der Waals surface area contributed by atoms with Crippen molar-refractivity contribution >= 4 is 11.9 Å². The van der Waals surface area contributed by atoms with Gasteiger partial charge in [0.25, 0.3) is 0 Å². The highest BCUT2D eigenvalue weighted by Gasteiger charge is 2.25. The van der Waals surface area contributed by atoms with Crippen molar-refractivity contribution in [2.45, 2.75) is 46.2 Å². The summed E-state index contributed by atoms with van der Waals surface area (Å²) < 4.78 is 5.78. The van der Waals surface area contributed by atoms with Gasteiger partial charge < -0.3 is 20.3 Å². The third kappa shape index (κ3) is 6.24. The van der Waals surface area contributed by atoms with Crippen molar-refractivity contribution in [2.75, 3.05) is 26.7 Å². The molecular formula is C20H32N4O2. The fourth-order valence-corrected chi connectivity index (χ4v) is 2.91. The Kier molecular flexibility index (Phi) is 7.75. The molecule has 1 heterocycles. The number of nitrogens with one attached hydrogen (secondary N) is 2. The van der Waals surface area contributed by atoms with Crippen LogP contribution in [0.4, 0.5) is 0 Å². The molecule has 6 nitrogen and oxygen atoms in total. The predicted octanol–water partition coefficient (Wildman–Crippen LogP) is 2.40. The van der Waals surface area contributed by atoms with Gasteiger partial charge in [-0.25, -0.2) is 0 Å². The molecule has 0 saturated carbocycles. The van der Waals surface area contributed by atoms with E-state index in [1.807, 2.05) is 24.0 Å². The van der Waals surface area contributed by atoms with Crippen LogP contribution in [0.3, 0.4) is 0 Å². The van der Waals surface area contributed by atoms with E-state index in [4.69, 9.17) is 4.74 Å². The number of ether oxygens (including phenoxy) is 1. The summed E-state index contributed by atoms with van der Waals surface area (Å²) in [5.41, 5.74) is 1.14. The van der Waals surface area contributed by atoms with Gasteiger partial charge in [0, 0.05) is 39.1 Å². The first-order valence-corrected chi connectivity index (χ1v) is 9.48. The highest BCUT2D eigenvalue weighted by atomic mass is 16.5. The number of hydrogen-bond donors (Lipinski definition) is 2. The quantitative estimate of drug-likeness (QED) is 0.579. The van der Waals surface area contributed by atoms with Crippen molar-refractivity contribution in [3.63, 3.8) is 0 Å². The van der Waals surface area contributed by atoms with E-state index in [0.29, 0.717) is 18.9 Å². The molecule has 1 amide bonds. The summed E-state index contributed by atoms with van der Waals surface area (Å²) >= 11 is 0. The normalized spacial score (nSPS) is 17.5. The molecule has 26 heavy (non-hydrogen) atoms. The molecule has 1 aromatic carbocycles. The molecule has 1 fully saturated rings. The minimum absolute atomic E-state index is 0.218. The van der Waals surface area contributed by atoms with Crippen LogP contribution in [0.1, 0.15) is 39.2 Å². The summed E-state index contributed by atoms with van der Waals surface area (Å²) in [6, 6.07) is 8.36. The number of amides is 1. The number of nitrogens with zero attached hydrogens (tertiary/aromatic N) is 2. The van der Waals surface area contributed by atoms with Crippen molar-refractivity contribution in [3.05, 3.63) is 29.8 Å². The molecule has 1 aromatic rings. The van der Waals surface area contributed by atoms with Crippen LogP contribution in [0.25, 0.3) is 0 Å². The zero-order valence-electron chi connectivity index (χ0n) is 16.4. The standard InChI is InChI=1S/C20H32N4O2/c1-5-19(25)24-10-9-17(13-24)23-20(21-4)22-12-16-7-6-8-18(11-16)26-14-15(2)3/h6-8,11,15,17H,5,9-10,12-14H2,1-4H3,(H2,21,22,23). The second kappa shape index (κ2) is 10.0. The second-order valence-corrected chi connectivity index (χ2v) is 7.10. The van der Waals surface area contributed by atoms with Crippen LogP contribution in [0, 0.1) is 5.92 Å². The SMILES string of the molecule is CCC(=O)N1CCC(NC(=NC)NCc2cccc(OCC(C)C)c2)C1. The van der Waals surface area contributed by atoms with Gasteiger partial charge in [-0.05, 0) is 30.0 Å². The number of likely N-dealkylation sites (tertiary alicyclic amines) is 1. The molecule has 0 aromatic heterocycles. The van der Waals surface area contributed by atoms with Crippen molar-refractivity contribution in [1.82, 2.24) is 15.5 Å². The zero-order valence-corrected chi connectivity index (χ0v) is 16.4. The van der Waals surface area contributed by atoms with E-state index in [2.05, 4.69) is 41.6 Å². The van der Waals surface area contributed by atoms with Gasteiger partial charge in [0.2, 0.25) is 5.91 Å². The summed E-state index contributed by atoms with van der Waals surface area (Å²) in [4.78, 5) is 18.0. The minimum atomic E-state index is 0.218. The molecule has 0 bridgehead atoms. The molecule has 1 atom stereocenters. The minimum Gasteiger partial charge on any atom is -0.493 e. The molecule has 1 unspecified atom stereocenters. The largest absolute Gasteiger partial charge is 0.493 e. The maximum Gasteiger partial charge on any atom is 0.222 e. The Morgan fingerprint density at radius 3 is 2.92 bits per heavy atom. The summed E-state index contributed by atoms with van der Waals surface area (Å²) in [5, 5.41) is 6.76. The summed E-state index contributed by atoms with van der Waals surface area (Å²) in [7, 11) is 1.77. The average molecular weight is 361 g/mol. The second-order valence-electron chi connectivity index (χ2n) is 7.10. The van der Waals surface area contributed by atoms with Gasteiger partial charge in [-0.2, -0.15) is 0 Å². The first-order chi connectivity index (χ1) is 12.5. The molecule has 1 aliphatic heterocycles. The maximum absolute atomic E-state index is 11.8. The number of hydrogen-bond acceptors (Lipinski definition) is 3. The van der Waals surface area contributed by atoms with Crippen molar-refractivity contribution in [3.8, 4) is 5.75 Å². The average Bonchev–Trinajstić information content (AvgIpc) is 3.11. The third-order valence-corrected chi connectivity index (χ3v) is 4.35. The number of benzene rings is 1. The van der Waals surface area contributed by atoms with Crippen LogP contribution in [-0.2, 0) is 11.3 Å². The lowest BCUT2D eigenvalue weighted by Crippen LogP contribution is -2.44. The zero-order chi connectivity index (χ0) is 18.9. The Bertz CT molecular complexity index is 616. The number of carbonyl (C=O) groups excluding carboxylic acids is 1. The summed E-state index contributed by atoms with van der Waals surface area (Å²) in [6.07, 6.45) is 1.51. The maximum atomic E-state index is 11.8. The van der Waals surface area contributed by atoms with Gasteiger partial charge in [0.1, 0.15) is 5.75 Å².